The van der Waals surface area contributed by atoms with Gasteiger partial charge in [-0.15, -0.1) is 0 Å². The van der Waals surface area contributed by atoms with Gasteiger partial charge in [-0.1, -0.05) is 0 Å². The maximum atomic E-state index is 8.89. The molecule has 14 heavy (non-hydrogen) atoms. The van der Waals surface area contributed by atoms with Gasteiger partial charge >= 0.3 is 86.9 Å². The first-order chi connectivity index (χ1) is 4.88. The zero-order valence-corrected chi connectivity index (χ0v) is 20.1. The van der Waals surface area contributed by atoms with E-state index in [9.17, 15) is 0 Å². The number of hydrogen-bond donors (Lipinski definition) is 0. The van der Waals surface area contributed by atoms with Gasteiger partial charge in [0.05, 0.1) is 0 Å². The molecule has 10 heteroatoms. The van der Waals surface area contributed by atoms with Crippen LogP contribution in [0.4, 0.5) is 0 Å². The van der Waals surface area contributed by atoms with Gasteiger partial charge in [0.1, 0.15) is 0 Å². The summed E-state index contributed by atoms with van der Waals surface area (Å²) in [6.07, 6.45) is 0. The van der Waals surface area contributed by atoms with Crippen LogP contribution in [0.25, 0.3) is 0 Å². The SMILES string of the molecule is CC(=O)[O-].CC(=O)[O-].O.[O]=[U]=[O].[Pb+2].[PbH]. The second kappa shape index (κ2) is 36.6. The second-order valence-corrected chi connectivity index (χ2v) is 1.76. The molecule has 2 N–H and O–H groups in total. The van der Waals surface area contributed by atoms with Crippen LogP contribution in [0, 0.1) is 27.8 Å². The van der Waals surface area contributed by atoms with Crippen molar-refractivity contribution in [1.29, 1.82) is 0 Å². The topological polar surface area (TPSA) is 146 Å². The fraction of sp³-hybridized carbons (Fsp3) is 0.500. The third-order valence-electron chi connectivity index (χ3n) is 0. The molecule has 5 radical (unpaired) electrons. The summed E-state index contributed by atoms with van der Waals surface area (Å²) in [5.41, 5.74) is 0. The molecule has 0 aromatic heterocycles. The molecule has 0 unspecified atom stereocenters. The van der Waals surface area contributed by atoms with Gasteiger partial charge in [-0.3, -0.25) is 0 Å². The first-order valence-corrected chi connectivity index (χ1v) is 5.62. The van der Waals surface area contributed by atoms with Crippen LogP contribution in [0.5, 0.6) is 0 Å². The summed E-state index contributed by atoms with van der Waals surface area (Å²) in [4.78, 5) is 17.8. The van der Waals surface area contributed by atoms with E-state index in [1.807, 2.05) is 0 Å². The van der Waals surface area contributed by atoms with E-state index in [0.29, 0.717) is 0 Å². The van der Waals surface area contributed by atoms with Gasteiger partial charge in [0, 0.05) is 11.9 Å². The number of carbonyl (C=O) groups excluding carboxylic acids is 2. The number of aliphatic carboxylic acids is 2. The van der Waals surface area contributed by atoms with Crippen molar-refractivity contribution >= 4 is 66.5 Å². The van der Waals surface area contributed by atoms with E-state index in [2.05, 4.69) is 0 Å². The first kappa shape index (κ1) is 36.1. The zero-order chi connectivity index (χ0) is 9.86. The Kier molecular flexibility index (Phi) is 94.6. The number of carbonyl (C=O) groups is 2. The van der Waals surface area contributed by atoms with Crippen LogP contribution in [0.15, 0.2) is 0 Å². The van der Waals surface area contributed by atoms with E-state index in [1.54, 1.807) is 0 Å². The van der Waals surface area contributed by atoms with Crippen molar-refractivity contribution in [2.75, 3.05) is 0 Å². The summed E-state index contributed by atoms with van der Waals surface area (Å²) in [5.74, 6) is -2.17. The van der Waals surface area contributed by atoms with Crippen molar-refractivity contribution in [1.82, 2.24) is 0 Å². The van der Waals surface area contributed by atoms with Crippen molar-refractivity contribution in [2.45, 2.75) is 13.8 Å². The summed E-state index contributed by atoms with van der Waals surface area (Å²) in [7, 11) is 0. The Bertz CT molecular complexity index is 136. The van der Waals surface area contributed by atoms with Gasteiger partial charge in [-0.05, 0) is 13.8 Å². The average molecular weight is 822 g/mol. The van der Waals surface area contributed by atoms with Gasteiger partial charge in [0.25, 0.3) is 0 Å². The van der Waals surface area contributed by atoms with E-state index < -0.39 is 39.8 Å². The van der Waals surface area contributed by atoms with Crippen molar-refractivity contribution < 1.29 is 57.6 Å². The van der Waals surface area contributed by atoms with Gasteiger partial charge in [0.15, 0.2) is 0 Å². The predicted octanol–water partition coefficient (Wildman–Crippen LogP) is -4.58. The molecular formula is C4H9O7Pb2U. The molecule has 0 aliphatic carbocycles. The third kappa shape index (κ3) is 1060. The van der Waals surface area contributed by atoms with Crippen LogP contribution in [0.3, 0.4) is 0 Å². The molecule has 0 aromatic carbocycles. The van der Waals surface area contributed by atoms with E-state index in [4.69, 9.17) is 24.3 Å². The van der Waals surface area contributed by atoms with Gasteiger partial charge in [-0.2, -0.15) is 0 Å². The van der Waals surface area contributed by atoms with E-state index in [1.165, 1.54) is 0 Å². The Morgan fingerprint density at radius 1 is 1.00 bits per heavy atom. The normalized spacial score (nSPS) is 4.14. The van der Waals surface area contributed by atoms with E-state index in [0.717, 1.165) is 13.8 Å². The van der Waals surface area contributed by atoms with Crippen molar-refractivity contribution in [2.24, 2.45) is 0 Å². The molecular weight excluding hydrogens is 812 g/mol. The van der Waals surface area contributed by atoms with Crippen LogP contribution >= 0.6 is 0 Å². The number of carboxylic acids is 2. The summed E-state index contributed by atoms with van der Waals surface area (Å²) < 4.78 is 17.2. The molecule has 0 aliphatic rings. The predicted molar refractivity (Wildman–Crippen MR) is 39.3 cm³/mol. The van der Waals surface area contributed by atoms with Gasteiger partial charge < -0.3 is 25.3 Å². The Balaban J connectivity index is -0.0000000156. The summed E-state index contributed by atoms with van der Waals surface area (Å²) in [6, 6.07) is 0. The van der Waals surface area contributed by atoms with Crippen LogP contribution in [-0.2, 0) is 14.1 Å². The van der Waals surface area contributed by atoms with Crippen LogP contribution < -0.4 is 10.2 Å². The molecule has 0 fully saturated rings. The standard InChI is InChI=1S/2C2H4O2.H2O.2O.2Pb.U.H/c2*1-2(3)4;;;;;;;/h2*1H3,(H,3,4);1H2;;;;;;/q;;;;;;+2;;/p-2. The second-order valence-electron chi connectivity index (χ2n) is 1.07. The monoisotopic (exact) mass is 823 g/mol. The Labute approximate surface area is 136 Å². The summed E-state index contributed by atoms with van der Waals surface area (Å²) in [5, 5.41) is 17.8. The van der Waals surface area contributed by atoms with Crippen LogP contribution in [0.1, 0.15) is 13.8 Å². The molecule has 79 valence electrons. The molecule has 0 saturated heterocycles. The van der Waals surface area contributed by atoms with Crippen molar-refractivity contribution in [3.05, 3.63) is 0 Å². The molecule has 0 bridgehead atoms. The molecule has 0 spiro atoms. The van der Waals surface area contributed by atoms with E-state index >= 15 is 0 Å². The third-order valence-corrected chi connectivity index (χ3v) is 0. The average Bonchev–Trinajstić information content (AvgIpc) is 1.60. The molecule has 0 heterocycles. The number of hydrogen-bond acceptors (Lipinski definition) is 6. The minimum absolute atomic E-state index is 0. The molecule has 0 rings (SSSR count). The Morgan fingerprint density at radius 3 is 1.00 bits per heavy atom. The van der Waals surface area contributed by atoms with Gasteiger partial charge in [0.2, 0.25) is 0 Å². The summed E-state index contributed by atoms with van der Waals surface area (Å²) >= 11 is -2.51. The quantitative estimate of drug-likeness (QED) is 0.225. The zero-order valence-electron chi connectivity index (χ0n) is 7.53. The molecule has 0 aromatic rings. The Hall–Kier alpha value is 1.40. The fourth-order valence-corrected chi connectivity index (χ4v) is 0. The maximum absolute atomic E-state index is 8.89. The van der Waals surface area contributed by atoms with Crippen molar-refractivity contribution in [3.8, 4) is 0 Å². The molecule has 7 nitrogen and oxygen atoms in total. The minimum atomic E-state index is -2.51. The van der Waals surface area contributed by atoms with Crippen molar-refractivity contribution in [3.63, 3.8) is 0 Å². The fourth-order valence-electron chi connectivity index (χ4n) is 0. The van der Waals surface area contributed by atoms with Crippen LogP contribution in [-0.4, -0.2) is 72.0 Å². The molecule has 0 amide bonds. The molecule has 0 saturated carbocycles. The number of rotatable bonds is 0. The first-order valence-electron chi connectivity index (χ1n) is 2.22. The molecule has 0 atom stereocenters. The Morgan fingerprint density at radius 2 is 1.00 bits per heavy atom. The van der Waals surface area contributed by atoms with E-state index in [-0.39, 0.29) is 60.1 Å². The van der Waals surface area contributed by atoms with Gasteiger partial charge in [-0.25, -0.2) is 0 Å². The molecule has 0 aliphatic heterocycles. The summed E-state index contributed by atoms with van der Waals surface area (Å²) in [6.45, 7) is 1.94. The van der Waals surface area contributed by atoms with Crippen LogP contribution in [0.2, 0.25) is 0 Å². The number of carboxylic acid groups (broad SMARTS) is 2.